The lowest BCUT2D eigenvalue weighted by Crippen LogP contribution is -2.49. The van der Waals surface area contributed by atoms with Crippen LogP contribution in [0.4, 0.5) is 5.82 Å². The molecule has 2 heterocycles. The first-order valence-electron chi connectivity index (χ1n) is 10.3. The lowest BCUT2D eigenvalue weighted by atomic mass is 10.00. The number of aromatic nitrogens is 1. The van der Waals surface area contributed by atoms with E-state index >= 15 is 0 Å². The van der Waals surface area contributed by atoms with Gasteiger partial charge in [-0.2, -0.15) is 0 Å². The van der Waals surface area contributed by atoms with Gasteiger partial charge in [0.25, 0.3) is 0 Å². The van der Waals surface area contributed by atoms with E-state index in [0.717, 1.165) is 44.0 Å². The van der Waals surface area contributed by atoms with Gasteiger partial charge in [0.05, 0.1) is 12.6 Å². The Morgan fingerprint density at radius 1 is 1.04 bits per heavy atom. The molecule has 1 aromatic heterocycles. The number of pyridine rings is 1. The Balaban J connectivity index is 1.44. The highest BCUT2D eigenvalue weighted by Crippen LogP contribution is 2.16. The Hall–Kier alpha value is -2.40. The zero-order chi connectivity index (χ0) is 19.9. The van der Waals surface area contributed by atoms with E-state index in [-0.39, 0.29) is 11.9 Å². The van der Waals surface area contributed by atoms with Crippen LogP contribution in [0, 0.1) is 5.92 Å². The minimum absolute atomic E-state index is 0.0235. The molecule has 1 aliphatic rings. The zero-order valence-corrected chi connectivity index (χ0v) is 17.3. The van der Waals surface area contributed by atoms with Crippen LogP contribution >= 0.6 is 0 Å². The van der Waals surface area contributed by atoms with Crippen LogP contribution in [0.1, 0.15) is 37.9 Å². The van der Waals surface area contributed by atoms with Gasteiger partial charge in [0, 0.05) is 32.4 Å². The lowest BCUT2D eigenvalue weighted by Gasteiger charge is -2.35. The summed E-state index contributed by atoms with van der Waals surface area (Å²) in [7, 11) is 0. The molecule has 5 heteroatoms. The number of carbonyl (C=O) groups is 1. The van der Waals surface area contributed by atoms with Gasteiger partial charge in [0.15, 0.2) is 0 Å². The van der Waals surface area contributed by atoms with Crippen LogP contribution in [-0.4, -0.2) is 48.5 Å². The van der Waals surface area contributed by atoms with Gasteiger partial charge in [-0.1, -0.05) is 44.2 Å². The third-order valence-corrected chi connectivity index (χ3v) is 5.21. The van der Waals surface area contributed by atoms with Crippen molar-refractivity contribution < 1.29 is 4.79 Å². The van der Waals surface area contributed by atoms with E-state index in [1.54, 1.807) is 0 Å². The Morgan fingerprint density at radius 3 is 2.36 bits per heavy atom. The van der Waals surface area contributed by atoms with E-state index in [2.05, 4.69) is 58.2 Å². The number of piperazine rings is 1. The van der Waals surface area contributed by atoms with Gasteiger partial charge < -0.3 is 10.2 Å². The zero-order valence-electron chi connectivity index (χ0n) is 17.3. The molecular weight excluding hydrogens is 348 g/mol. The Morgan fingerprint density at radius 2 is 1.75 bits per heavy atom. The first kappa shape index (κ1) is 20.3. The van der Waals surface area contributed by atoms with Gasteiger partial charge in [-0.05, 0) is 42.5 Å². The summed E-state index contributed by atoms with van der Waals surface area (Å²) in [6.45, 7) is 10.5. The van der Waals surface area contributed by atoms with Gasteiger partial charge in [-0.25, -0.2) is 4.98 Å². The molecule has 1 fully saturated rings. The number of carbonyl (C=O) groups excluding carboxylic acids is 1. The van der Waals surface area contributed by atoms with Gasteiger partial charge in [-0.3, -0.25) is 9.69 Å². The molecular formula is C23H32N4O. The molecule has 1 saturated heterocycles. The molecule has 1 aliphatic heterocycles. The molecule has 1 N–H and O–H groups in total. The molecule has 0 bridgehead atoms. The monoisotopic (exact) mass is 380 g/mol. The number of nitrogens with one attached hydrogen (secondary N) is 1. The summed E-state index contributed by atoms with van der Waals surface area (Å²) < 4.78 is 0. The van der Waals surface area contributed by atoms with Gasteiger partial charge >= 0.3 is 0 Å². The van der Waals surface area contributed by atoms with E-state index < -0.39 is 0 Å². The Kier molecular flexibility index (Phi) is 7.04. The summed E-state index contributed by atoms with van der Waals surface area (Å²) in [6, 6.07) is 14.6. The Labute approximate surface area is 168 Å². The summed E-state index contributed by atoms with van der Waals surface area (Å²) >= 11 is 0. The minimum Gasteiger partial charge on any atom is -0.354 e. The van der Waals surface area contributed by atoms with Crippen LogP contribution < -0.4 is 10.2 Å². The molecule has 0 aliphatic carbocycles. The fraction of sp³-hybridized carbons (Fsp3) is 0.478. The maximum atomic E-state index is 12.5. The summed E-state index contributed by atoms with van der Waals surface area (Å²) in [5.74, 6) is 1.76. The van der Waals surface area contributed by atoms with E-state index in [1.165, 1.54) is 5.56 Å². The standard InChI is InChI=1S/C23H32N4O/c1-18(2)16-20-7-9-21(10-8-20)19(3)25-23(28)17-26-12-14-27(15-13-26)22-6-4-5-11-24-22/h4-11,18-19H,12-17H2,1-3H3,(H,25,28)/t19-/m1/s1. The van der Waals surface area contributed by atoms with Crippen molar-refractivity contribution in [1.82, 2.24) is 15.2 Å². The summed E-state index contributed by atoms with van der Waals surface area (Å²) in [5.41, 5.74) is 2.50. The minimum atomic E-state index is 0.0235. The van der Waals surface area contributed by atoms with Crippen molar-refractivity contribution in [3.05, 3.63) is 59.8 Å². The van der Waals surface area contributed by atoms with Crippen molar-refractivity contribution >= 4 is 11.7 Å². The number of amides is 1. The molecule has 1 atom stereocenters. The normalized spacial score (nSPS) is 16.2. The summed E-state index contributed by atoms with van der Waals surface area (Å²) in [6.07, 6.45) is 2.91. The van der Waals surface area contributed by atoms with Crippen molar-refractivity contribution in [2.75, 3.05) is 37.6 Å². The van der Waals surface area contributed by atoms with Crippen LogP contribution in [0.5, 0.6) is 0 Å². The molecule has 0 spiro atoms. The van der Waals surface area contributed by atoms with Gasteiger partial charge in [-0.15, -0.1) is 0 Å². The van der Waals surface area contributed by atoms with Crippen LogP contribution in [-0.2, 0) is 11.2 Å². The fourth-order valence-corrected chi connectivity index (χ4v) is 3.66. The second-order valence-electron chi connectivity index (χ2n) is 8.08. The fourth-order valence-electron chi connectivity index (χ4n) is 3.66. The number of hydrogen-bond donors (Lipinski definition) is 1. The molecule has 1 aromatic carbocycles. The predicted molar refractivity (Wildman–Crippen MR) is 114 cm³/mol. The lowest BCUT2D eigenvalue weighted by molar-refractivity contribution is -0.123. The molecule has 150 valence electrons. The van der Waals surface area contributed by atoms with Crippen molar-refractivity contribution in [1.29, 1.82) is 0 Å². The quantitative estimate of drug-likeness (QED) is 0.801. The van der Waals surface area contributed by atoms with E-state index in [9.17, 15) is 4.79 Å². The van der Waals surface area contributed by atoms with Crippen LogP contribution in [0.3, 0.4) is 0 Å². The molecule has 3 rings (SSSR count). The molecule has 2 aromatic rings. The first-order chi connectivity index (χ1) is 13.5. The Bertz CT molecular complexity index is 737. The number of benzene rings is 1. The molecule has 0 saturated carbocycles. The predicted octanol–water partition coefficient (Wildman–Crippen LogP) is 3.28. The second-order valence-corrected chi connectivity index (χ2v) is 8.08. The highest BCUT2D eigenvalue weighted by molar-refractivity contribution is 5.78. The van der Waals surface area contributed by atoms with Crippen molar-refractivity contribution in [2.24, 2.45) is 5.92 Å². The molecule has 0 unspecified atom stereocenters. The molecule has 5 nitrogen and oxygen atoms in total. The highest BCUT2D eigenvalue weighted by atomic mass is 16.2. The summed E-state index contributed by atoms with van der Waals surface area (Å²) in [4.78, 5) is 21.4. The van der Waals surface area contributed by atoms with E-state index in [4.69, 9.17) is 0 Å². The molecule has 1 amide bonds. The van der Waals surface area contributed by atoms with E-state index in [0.29, 0.717) is 12.5 Å². The highest BCUT2D eigenvalue weighted by Gasteiger charge is 2.20. The van der Waals surface area contributed by atoms with Crippen LogP contribution in [0.15, 0.2) is 48.7 Å². The van der Waals surface area contributed by atoms with Crippen molar-refractivity contribution in [3.8, 4) is 0 Å². The maximum Gasteiger partial charge on any atom is 0.234 e. The van der Waals surface area contributed by atoms with Crippen molar-refractivity contribution in [3.63, 3.8) is 0 Å². The topological polar surface area (TPSA) is 48.5 Å². The number of rotatable bonds is 7. The van der Waals surface area contributed by atoms with Crippen LogP contribution in [0.2, 0.25) is 0 Å². The van der Waals surface area contributed by atoms with Gasteiger partial charge in [0.2, 0.25) is 5.91 Å². The number of nitrogens with zero attached hydrogens (tertiary/aromatic N) is 3. The average Bonchev–Trinajstić information content (AvgIpc) is 2.69. The molecule has 0 radical (unpaired) electrons. The smallest absolute Gasteiger partial charge is 0.234 e. The van der Waals surface area contributed by atoms with Gasteiger partial charge in [0.1, 0.15) is 5.82 Å². The first-order valence-corrected chi connectivity index (χ1v) is 10.3. The third-order valence-electron chi connectivity index (χ3n) is 5.21. The summed E-state index contributed by atoms with van der Waals surface area (Å²) in [5, 5.41) is 3.14. The van der Waals surface area contributed by atoms with Crippen molar-refractivity contribution in [2.45, 2.75) is 33.2 Å². The maximum absolute atomic E-state index is 12.5. The number of hydrogen-bond acceptors (Lipinski definition) is 4. The second kappa shape index (κ2) is 9.69. The third kappa shape index (κ3) is 5.80. The van der Waals surface area contributed by atoms with E-state index in [1.807, 2.05) is 31.3 Å². The largest absolute Gasteiger partial charge is 0.354 e. The van der Waals surface area contributed by atoms with Crippen LogP contribution in [0.25, 0.3) is 0 Å². The average molecular weight is 381 g/mol. The SMILES string of the molecule is CC(C)Cc1ccc([C@@H](C)NC(=O)CN2CCN(c3ccccn3)CC2)cc1. The molecule has 28 heavy (non-hydrogen) atoms. The number of anilines is 1.